The van der Waals surface area contributed by atoms with Crippen molar-refractivity contribution >= 4 is 46.9 Å². The second-order valence-corrected chi connectivity index (χ2v) is 7.46. The summed E-state index contributed by atoms with van der Waals surface area (Å²) in [6.45, 7) is 0.219. The molecule has 0 saturated heterocycles. The van der Waals surface area contributed by atoms with Gasteiger partial charge in [-0.15, -0.1) is 0 Å². The summed E-state index contributed by atoms with van der Waals surface area (Å²) in [5, 5.41) is 6.18. The standard InChI is InChI=1S/C20H19ClN2O4S/c1-26-18(27-2)11-22-19(24)13-6-7-16-15(10-13)23-20(25)17(28-16)9-12-4-3-5-14(21)8-12/h3-10,18H,11H2,1-2H3,(H,22,24)(H,23,25). The number of carbonyl (C=O) groups is 2. The van der Waals surface area contributed by atoms with E-state index in [1.165, 1.54) is 26.0 Å². The van der Waals surface area contributed by atoms with Crippen molar-refractivity contribution in [2.45, 2.75) is 11.2 Å². The van der Waals surface area contributed by atoms with Gasteiger partial charge in [0.05, 0.1) is 17.1 Å². The quantitative estimate of drug-likeness (QED) is 0.551. The van der Waals surface area contributed by atoms with Crippen LogP contribution in [0.3, 0.4) is 0 Å². The number of carbonyl (C=O) groups excluding carboxylic acids is 2. The Balaban J connectivity index is 1.75. The second-order valence-electron chi connectivity index (χ2n) is 5.94. The third-order valence-corrected chi connectivity index (χ3v) is 5.37. The van der Waals surface area contributed by atoms with E-state index in [2.05, 4.69) is 10.6 Å². The number of fused-ring (bicyclic) bond motifs is 1. The Bertz CT molecular complexity index is 928. The maximum absolute atomic E-state index is 12.5. The number of thioether (sulfide) groups is 1. The topological polar surface area (TPSA) is 76.7 Å². The molecule has 0 bridgehead atoms. The zero-order chi connectivity index (χ0) is 20.1. The van der Waals surface area contributed by atoms with E-state index in [0.29, 0.717) is 21.2 Å². The van der Waals surface area contributed by atoms with E-state index < -0.39 is 6.29 Å². The summed E-state index contributed by atoms with van der Waals surface area (Å²) in [5.74, 6) is -0.504. The highest BCUT2D eigenvalue weighted by molar-refractivity contribution is 8.04. The SMILES string of the molecule is COC(CNC(=O)c1ccc2c(c1)NC(=O)C(=Cc1cccc(Cl)c1)S2)OC. The molecule has 2 aromatic carbocycles. The first-order valence-corrected chi connectivity index (χ1v) is 9.64. The minimum atomic E-state index is -0.518. The van der Waals surface area contributed by atoms with Crippen molar-refractivity contribution in [1.29, 1.82) is 0 Å². The van der Waals surface area contributed by atoms with E-state index in [-0.39, 0.29) is 18.4 Å². The highest BCUT2D eigenvalue weighted by atomic mass is 35.5. The van der Waals surface area contributed by atoms with Crippen LogP contribution in [0.2, 0.25) is 5.02 Å². The lowest BCUT2D eigenvalue weighted by molar-refractivity contribution is -0.112. The van der Waals surface area contributed by atoms with Gasteiger partial charge in [-0.2, -0.15) is 0 Å². The molecular formula is C20H19ClN2O4S. The maximum Gasteiger partial charge on any atom is 0.262 e. The van der Waals surface area contributed by atoms with Gasteiger partial charge >= 0.3 is 0 Å². The molecule has 0 aliphatic carbocycles. The summed E-state index contributed by atoms with van der Waals surface area (Å²) < 4.78 is 10.1. The Kier molecular flexibility index (Phi) is 6.74. The molecule has 8 heteroatoms. The van der Waals surface area contributed by atoms with E-state index in [0.717, 1.165) is 10.5 Å². The predicted molar refractivity (Wildman–Crippen MR) is 110 cm³/mol. The van der Waals surface area contributed by atoms with Gasteiger partial charge in [0.25, 0.3) is 11.8 Å². The van der Waals surface area contributed by atoms with Crippen molar-refractivity contribution in [3.8, 4) is 0 Å². The molecule has 0 atom stereocenters. The number of ether oxygens (including phenoxy) is 2. The minimum Gasteiger partial charge on any atom is -0.354 e. The van der Waals surface area contributed by atoms with E-state index >= 15 is 0 Å². The van der Waals surface area contributed by atoms with Crippen molar-refractivity contribution in [1.82, 2.24) is 5.32 Å². The first kappa shape index (κ1) is 20.4. The maximum atomic E-state index is 12.5. The Morgan fingerprint density at radius 1 is 1.25 bits per heavy atom. The van der Waals surface area contributed by atoms with Gasteiger partial charge in [-0.05, 0) is 42.0 Å². The third kappa shape index (κ3) is 4.94. The van der Waals surface area contributed by atoms with Gasteiger partial charge in [-0.25, -0.2) is 0 Å². The number of nitrogens with one attached hydrogen (secondary N) is 2. The Labute approximate surface area is 172 Å². The molecule has 0 fully saturated rings. The molecule has 0 aromatic heterocycles. The Morgan fingerprint density at radius 3 is 2.75 bits per heavy atom. The molecule has 2 aromatic rings. The summed E-state index contributed by atoms with van der Waals surface area (Å²) in [4.78, 5) is 26.2. The zero-order valence-electron chi connectivity index (χ0n) is 15.3. The van der Waals surface area contributed by atoms with Crippen LogP contribution in [0, 0.1) is 0 Å². The summed E-state index contributed by atoms with van der Waals surface area (Å²) in [6.07, 6.45) is 1.27. The van der Waals surface area contributed by atoms with Crippen molar-refractivity contribution in [3.63, 3.8) is 0 Å². The lowest BCUT2D eigenvalue weighted by Crippen LogP contribution is -2.34. The largest absolute Gasteiger partial charge is 0.354 e. The van der Waals surface area contributed by atoms with Crippen molar-refractivity contribution in [3.05, 3.63) is 63.5 Å². The summed E-state index contributed by atoms with van der Waals surface area (Å²) in [6, 6.07) is 12.5. The smallest absolute Gasteiger partial charge is 0.262 e. The molecule has 1 aliphatic heterocycles. The molecule has 1 aliphatic rings. The number of methoxy groups -OCH3 is 2. The number of anilines is 1. The molecule has 3 rings (SSSR count). The molecule has 2 amide bonds. The Morgan fingerprint density at radius 2 is 2.04 bits per heavy atom. The van der Waals surface area contributed by atoms with Crippen LogP contribution in [0.25, 0.3) is 6.08 Å². The molecule has 2 N–H and O–H groups in total. The van der Waals surface area contributed by atoms with Crippen LogP contribution in [0.5, 0.6) is 0 Å². The van der Waals surface area contributed by atoms with E-state index in [4.69, 9.17) is 21.1 Å². The third-order valence-electron chi connectivity index (χ3n) is 4.04. The zero-order valence-corrected chi connectivity index (χ0v) is 16.9. The van der Waals surface area contributed by atoms with Gasteiger partial charge in [-0.1, -0.05) is 35.5 Å². The highest BCUT2D eigenvalue weighted by Gasteiger charge is 2.22. The number of rotatable bonds is 6. The van der Waals surface area contributed by atoms with Crippen molar-refractivity contribution < 1.29 is 19.1 Å². The lowest BCUT2D eigenvalue weighted by Gasteiger charge is -2.20. The van der Waals surface area contributed by atoms with Crippen LogP contribution in [0.1, 0.15) is 15.9 Å². The van der Waals surface area contributed by atoms with Crippen LogP contribution in [-0.2, 0) is 14.3 Å². The van der Waals surface area contributed by atoms with Gasteiger partial charge in [0.2, 0.25) is 0 Å². The molecule has 0 radical (unpaired) electrons. The minimum absolute atomic E-state index is 0.219. The van der Waals surface area contributed by atoms with Crippen LogP contribution in [0.4, 0.5) is 5.69 Å². The number of amides is 2. The van der Waals surface area contributed by atoms with Crippen LogP contribution >= 0.6 is 23.4 Å². The van der Waals surface area contributed by atoms with Gasteiger partial charge in [-0.3, -0.25) is 9.59 Å². The normalized spacial score (nSPS) is 14.7. The van der Waals surface area contributed by atoms with Gasteiger partial charge in [0.1, 0.15) is 0 Å². The molecule has 0 spiro atoms. The molecule has 28 heavy (non-hydrogen) atoms. The average molecular weight is 419 g/mol. The first-order valence-electron chi connectivity index (χ1n) is 8.44. The van der Waals surface area contributed by atoms with Gasteiger partial charge in [0.15, 0.2) is 6.29 Å². The lowest BCUT2D eigenvalue weighted by atomic mass is 10.1. The van der Waals surface area contributed by atoms with Crippen LogP contribution < -0.4 is 10.6 Å². The molecule has 0 saturated carbocycles. The second kappa shape index (κ2) is 9.25. The molecule has 146 valence electrons. The van der Waals surface area contributed by atoms with E-state index in [1.807, 2.05) is 18.2 Å². The van der Waals surface area contributed by atoms with Gasteiger partial charge < -0.3 is 20.1 Å². The fourth-order valence-corrected chi connectivity index (χ4v) is 3.72. The molecule has 0 unspecified atom stereocenters. The fourth-order valence-electron chi connectivity index (χ4n) is 2.59. The number of benzene rings is 2. The molecular weight excluding hydrogens is 400 g/mol. The molecule has 1 heterocycles. The van der Waals surface area contributed by atoms with E-state index in [1.54, 1.807) is 30.3 Å². The number of hydrogen-bond donors (Lipinski definition) is 2. The summed E-state index contributed by atoms with van der Waals surface area (Å²) in [7, 11) is 3.00. The summed E-state index contributed by atoms with van der Waals surface area (Å²) >= 11 is 7.35. The Hall–Kier alpha value is -2.32. The van der Waals surface area contributed by atoms with Crippen LogP contribution in [-0.4, -0.2) is 38.9 Å². The van der Waals surface area contributed by atoms with E-state index in [9.17, 15) is 9.59 Å². The number of hydrogen-bond acceptors (Lipinski definition) is 5. The first-order chi connectivity index (χ1) is 13.5. The highest BCUT2D eigenvalue weighted by Crippen LogP contribution is 2.39. The monoisotopic (exact) mass is 418 g/mol. The summed E-state index contributed by atoms with van der Waals surface area (Å²) in [5.41, 5.74) is 1.88. The predicted octanol–water partition coefficient (Wildman–Crippen LogP) is 3.77. The average Bonchev–Trinajstić information content (AvgIpc) is 2.69. The molecule has 6 nitrogen and oxygen atoms in total. The van der Waals surface area contributed by atoms with Crippen molar-refractivity contribution in [2.24, 2.45) is 0 Å². The fraction of sp³-hybridized carbons (Fsp3) is 0.200. The number of halogens is 1. The van der Waals surface area contributed by atoms with Crippen LogP contribution in [0.15, 0.2) is 52.3 Å². The van der Waals surface area contributed by atoms with Crippen molar-refractivity contribution in [2.75, 3.05) is 26.1 Å². The van der Waals surface area contributed by atoms with Gasteiger partial charge in [0, 0.05) is 29.7 Å².